The Labute approximate surface area is 155 Å². The summed E-state index contributed by atoms with van der Waals surface area (Å²) in [5, 5.41) is 23.3. The number of nitrogens with one attached hydrogen (secondary N) is 1. The summed E-state index contributed by atoms with van der Waals surface area (Å²) in [6.07, 6.45) is 1.15. The molecular formula is C19H17N3O5. The van der Waals surface area contributed by atoms with E-state index in [1.54, 1.807) is 18.2 Å². The number of ether oxygens (including phenoxy) is 2. The van der Waals surface area contributed by atoms with E-state index in [1.165, 1.54) is 26.4 Å². The third-order valence-corrected chi connectivity index (χ3v) is 3.79. The first-order valence-electron chi connectivity index (χ1n) is 7.80. The molecule has 2 aromatic rings. The zero-order valence-electron chi connectivity index (χ0n) is 15.0. The van der Waals surface area contributed by atoms with Crippen molar-refractivity contribution in [2.45, 2.75) is 6.92 Å². The van der Waals surface area contributed by atoms with E-state index in [4.69, 9.17) is 9.47 Å². The highest BCUT2D eigenvalue weighted by Crippen LogP contribution is 2.35. The van der Waals surface area contributed by atoms with E-state index in [9.17, 15) is 20.2 Å². The lowest BCUT2D eigenvalue weighted by Crippen LogP contribution is -2.14. The smallest absolute Gasteiger partial charge is 0.280 e. The molecule has 8 heteroatoms. The minimum Gasteiger partial charge on any atom is -0.493 e. The second-order valence-electron chi connectivity index (χ2n) is 5.46. The molecule has 2 rings (SSSR count). The van der Waals surface area contributed by atoms with Gasteiger partial charge in [-0.15, -0.1) is 0 Å². The van der Waals surface area contributed by atoms with Crippen LogP contribution in [0.15, 0.2) is 42.0 Å². The molecule has 8 nitrogen and oxygen atoms in total. The van der Waals surface area contributed by atoms with Gasteiger partial charge in [0.2, 0.25) is 0 Å². The molecule has 0 bridgehead atoms. The molecule has 0 heterocycles. The first-order chi connectivity index (χ1) is 12.9. The Morgan fingerprint density at radius 1 is 1.22 bits per heavy atom. The van der Waals surface area contributed by atoms with Crippen molar-refractivity contribution in [3.05, 3.63) is 63.2 Å². The number of nitro benzene ring substituents is 1. The van der Waals surface area contributed by atoms with E-state index < -0.39 is 10.8 Å². The van der Waals surface area contributed by atoms with Crippen molar-refractivity contribution in [1.82, 2.24) is 0 Å². The predicted molar refractivity (Wildman–Crippen MR) is 99.6 cm³/mol. The maximum absolute atomic E-state index is 12.4. The van der Waals surface area contributed by atoms with Crippen LogP contribution in [0.5, 0.6) is 11.5 Å². The highest BCUT2D eigenvalue weighted by Gasteiger charge is 2.20. The molecule has 1 N–H and O–H groups in total. The summed E-state index contributed by atoms with van der Waals surface area (Å²) in [5.41, 5.74) is 0.817. The molecule has 0 radical (unpaired) electrons. The van der Waals surface area contributed by atoms with E-state index >= 15 is 0 Å². The Morgan fingerprint density at radius 2 is 1.85 bits per heavy atom. The van der Waals surface area contributed by atoms with Gasteiger partial charge in [-0.25, -0.2) is 0 Å². The SMILES string of the molecule is COc1cc(/C=C(/C#N)C(=O)Nc2ccccc2C)c([N+](=O)[O-])cc1OC. The van der Waals surface area contributed by atoms with Crippen LogP contribution in [0.1, 0.15) is 11.1 Å². The highest BCUT2D eigenvalue weighted by molar-refractivity contribution is 6.10. The van der Waals surface area contributed by atoms with Crippen LogP contribution in [0.3, 0.4) is 0 Å². The molecule has 0 aromatic heterocycles. The minimum absolute atomic E-state index is 0.0501. The average molecular weight is 367 g/mol. The molecule has 0 unspecified atom stereocenters. The Kier molecular flexibility index (Phi) is 6.12. The number of anilines is 1. The topological polar surface area (TPSA) is 114 Å². The van der Waals surface area contributed by atoms with E-state index in [2.05, 4.69) is 5.32 Å². The number of nitriles is 1. The lowest BCUT2D eigenvalue weighted by atomic mass is 10.1. The molecule has 0 spiro atoms. The van der Waals surface area contributed by atoms with Gasteiger partial charge in [0.15, 0.2) is 11.5 Å². The number of nitro groups is 1. The molecule has 1 amide bonds. The number of methoxy groups -OCH3 is 2. The van der Waals surface area contributed by atoms with Crippen molar-refractivity contribution in [1.29, 1.82) is 5.26 Å². The van der Waals surface area contributed by atoms with Crippen LogP contribution in [0.25, 0.3) is 6.08 Å². The number of amides is 1. The molecule has 0 atom stereocenters. The molecule has 138 valence electrons. The van der Waals surface area contributed by atoms with Gasteiger partial charge in [-0.2, -0.15) is 5.26 Å². The van der Waals surface area contributed by atoms with Gasteiger partial charge >= 0.3 is 0 Å². The number of nitrogens with zero attached hydrogens (tertiary/aromatic N) is 2. The van der Waals surface area contributed by atoms with Gasteiger partial charge in [0.25, 0.3) is 11.6 Å². The second-order valence-corrected chi connectivity index (χ2v) is 5.46. The van der Waals surface area contributed by atoms with Crippen LogP contribution < -0.4 is 14.8 Å². The summed E-state index contributed by atoms with van der Waals surface area (Å²) in [7, 11) is 2.74. The molecule has 0 aliphatic rings. The summed E-state index contributed by atoms with van der Waals surface area (Å²) in [6.45, 7) is 1.81. The number of hydrogen-bond donors (Lipinski definition) is 1. The molecular weight excluding hydrogens is 350 g/mol. The monoisotopic (exact) mass is 367 g/mol. The molecule has 0 saturated heterocycles. The first-order valence-corrected chi connectivity index (χ1v) is 7.80. The van der Waals surface area contributed by atoms with Crippen molar-refractivity contribution in [3.8, 4) is 17.6 Å². The lowest BCUT2D eigenvalue weighted by Gasteiger charge is -2.10. The van der Waals surface area contributed by atoms with Crippen LogP contribution in [0, 0.1) is 28.4 Å². The molecule has 0 aliphatic heterocycles. The van der Waals surface area contributed by atoms with Crippen molar-refractivity contribution >= 4 is 23.4 Å². The summed E-state index contributed by atoms with van der Waals surface area (Å²) < 4.78 is 10.2. The van der Waals surface area contributed by atoms with E-state index in [0.717, 1.165) is 11.6 Å². The summed E-state index contributed by atoms with van der Waals surface area (Å²) in [6, 6.07) is 11.4. The van der Waals surface area contributed by atoms with E-state index in [1.807, 2.05) is 19.1 Å². The molecule has 2 aromatic carbocycles. The maximum Gasteiger partial charge on any atom is 0.280 e. The molecule has 0 saturated carbocycles. The second kappa shape index (κ2) is 8.49. The van der Waals surface area contributed by atoms with Gasteiger partial charge in [0.1, 0.15) is 11.6 Å². The van der Waals surface area contributed by atoms with Gasteiger partial charge in [0.05, 0.1) is 30.8 Å². The Hall–Kier alpha value is -3.86. The zero-order chi connectivity index (χ0) is 20.0. The fraction of sp³-hybridized carbons (Fsp3) is 0.158. The van der Waals surface area contributed by atoms with Gasteiger partial charge in [-0.05, 0) is 30.7 Å². The number of carbonyl (C=O) groups is 1. The third kappa shape index (κ3) is 4.41. The largest absolute Gasteiger partial charge is 0.493 e. The van der Waals surface area contributed by atoms with Crippen LogP contribution >= 0.6 is 0 Å². The summed E-state index contributed by atoms with van der Waals surface area (Å²) in [5.74, 6) is -0.258. The summed E-state index contributed by atoms with van der Waals surface area (Å²) in [4.78, 5) is 23.2. The fourth-order valence-electron chi connectivity index (χ4n) is 2.36. The Morgan fingerprint density at radius 3 is 2.41 bits per heavy atom. The van der Waals surface area contributed by atoms with Crippen LogP contribution in [-0.2, 0) is 4.79 Å². The Bertz CT molecular complexity index is 960. The molecule has 27 heavy (non-hydrogen) atoms. The lowest BCUT2D eigenvalue weighted by molar-refractivity contribution is -0.385. The average Bonchev–Trinajstić information content (AvgIpc) is 2.66. The maximum atomic E-state index is 12.4. The number of para-hydroxylation sites is 1. The Balaban J connectivity index is 2.47. The standard InChI is InChI=1S/C19H17N3O5/c1-12-6-4-5-7-15(12)21-19(23)14(11-20)8-13-9-17(26-2)18(27-3)10-16(13)22(24)25/h4-10H,1-3H3,(H,21,23)/b14-8-. The van der Waals surface area contributed by atoms with Gasteiger partial charge in [-0.3, -0.25) is 14.9 Å². The highest BCUT2D eigenvalue weighted by atomic mass is 16.6. The van der Waals surface area contributed by atoms with Crippen LogP contribution in [0.4, 0.5) is 11.4 Å². The van der Waals surface area contributed by atoms with Crippen LogP contribution in [-0.4, -0.2) is 25.1 Å². The van der Waals surface area contributed by atoms with Gasteiger partial charge in [-0.1, -0.05) is 18.2 Å². The summed E-state index contributed by atoms with van der Waals surface area (Å²) >= 11 is 0. The quantitative estimate of drug-likeness (QED) is 0.362. The van der Waals surface area contributed by atoms with Gasteiger partial charge < -0.3 is 14.8 Å². The molecule has 0 fully saturated rings. The third-order valence-electron chi connectivity index (χ3n) is 3.79. The minimum atomic E-state index is -0.670. The van der Waals surface area contributed by atoms with Crippen molar-refractivity contribution < 1.29 is 19.2 Å². The number of carbonyl (C=O) groups excluding carboxylic acids is 1. The number of rotatable bonds is 6. The van der Waals surface area contributed by atoms with Crippen molar-refractivity contribution in [2.75, 3.05) is 19.5 Å². The predicted octanol–water partition coefficient (Wildman–Crippen LogP) is 3.47. The van der Waals surface area contributed by atoms with E-state index in [0.29, 0.717) is 5.69 Å². The first kappa shape index (κ1) is 19.5. The van der Waals surface area contributed by atoms with Crippen molar-refractivity contribution in [2.24, 2.45) is 0 Å². The number of aryl methyl sites for hydroxylation is 1. The normalized spacial score (nSPS) is 10.7. The van der Waals surface area contributed by atoms with Gasteiger partial charge in [0, 0.05) is 5.69 Å². The van der Waals surface area contributed by atoms with Crippen molar-refractivity contribution in [3.63, 3.8) is 0 Å². The van der Waals surface area contributed by atoms with E-state index in [-0.39, 0.29) is 28.3 Å². The fourth-order valence-corrected chi connectivity index (χ4v) is 2.36. The zero-order valence-corrected chi connectivity index (χ0v) is 15.0. The molecule has 0 aliphatic carbocycles. The van der Waals surface area contributed by atoms with Crippen LogP contribution in [0.2, 0.25) is 0 Å². The number of benzene rings is 2. The number of hydrogen-bond acceptors (Lipinski definition) is 6.